The smallest absolute Gasteiger partial charge is 0.292 e. The first kappa shape index (κ1) is 17.2. The molecular weight excluding hydrogens is 349 g/mol. The fourth-order valence-electron chi connectivity index (χ4n) is 5.37. The van der Waals surface area contributed by atoms with E-state index in [0.29, 0.717) is 4.90 Å². The van der Waals surface area contributed by atoms with Gasteiger partial charge in [0.25, 0.3) is 17.8 Å². The van der Waals surface area contributed by atoms with E-state index in [9.17, 15) is 36.6 Å². The van der Waals surface area contributed by atoms with Gasteiger partial charge in [-0.2, -0.15) is 0 Å². The standard InChI is InChI=1S/C16H18F5NO3/c17-13-4-12(5-13,6-13)3-9(23)10(24)22-8-16(20,21)11(25)14(22)1-2-15(18,19)7-14/h11,25H,1-8H2/t11-,12?,13?,14+/m0/s1. The molecule has 9 heteroatoms. The number of hydrogen-bond donors (Lipinski definition) is 1. The average Bonchev–Trinajstić information content (AvgIpc) is 2.85. The lowest BCUT2D eigenvalue weighted by Crippen LogP contribution is -2.65. The van der Waals surface area contributed by atoms with Gasteiger partial charge in [-0.15, -0.1) is 0 Å². The van der Waals surface area contributed by atoms with Crippen molar-refractivity contribution in [2.75, 3.05) is 6.54 Å². The number of Topliss-reactive ketones (excluding diaryl/α,β-unsaturated/α-hetero) is 1. The van der Waals surface area contributed by atoms with Crippen LogP contribution in [0.5, 0.6) is 0 Å². The molecule has 0 aromatic heterocycles. The van der Waals surface area contributed by atoms with E-state index in [1.165, 1.54) is 0 Å². The van der Waals surface area contributed by atoms with Gasteiger partial charge in [-0.1, -0.05) is 0 Å². The molecule has 1 heterocycles. The highest BCUT2D eigenvalue weighted by Crippen LogP contribution is 2.71. The fourth-order valence-corrected chi connectivity index (χ4v) is 5.37. The SMILES string of the molecule is O=C(CC12CC(F)(C1)C2)C(=O)N1CC(F)(F)[C@@H](O)[C@]12CCC(F)(F)C2. The van der Waals surface area contributed by atoms with Crippen LogP contribution >= 0.6 is 0 Å². The van der Waals surface area contributed by atoms with Crippen molar-refractivity contribution in [3.63, 3.8) is 0 Å². The molecule has 2 atom stereocenters. The van der Waals surface area contributed by atoms with Gasteiger partial charge in [-0.05, 0) is 31.1 Å². The molecule has 5 rings (SSSR count). The van der Waals surface area contributed by atoms with Gasteiger partial charge in [-0.25, -0.2) is 22.0 Å². The van der Waals surface area contributed by atoms with Crippen LogP contribution in [0.3, 0.4) is 0 Å². The second kappa shape index (κ2) is 4.53. The van der Waals surface area contributed by atoms with Crippen molar-refractivity contribution in [2.45, 2.75) is 74.1 Å². The zero-order valence-corrected chi connectivity index (χ0v) is 13.3. The van der Waals surface area contributed by atoms with Gasteiger partial charge in [0.15, 0.2) is 0 Å². The average molecular weight is 367 g/mol. The third-order valence-electron chi connectivity index (χ3n) is 6.40. The van der Waals surface area contributed by atoms with Crippen LogP contribution in [0.15, 0.2) is 0 Å². The van der Waals surface area contributed by atoms with Crippen molar-refractivity contribution in [1.82, 2.24) is 4.90 Å². The van der Waals surface area contributed by atoms with Crippen molar-refractivity contribution in [1.29, 1.82) is 0 Å². The number of ketones is 1. The second-order valence-corrected chi connectivity index (χ2v) is 8.47. The lowest BCUT2D eigenvalue weighted by molar-refractivity contribution is -0.216. The Morgan fingerprint density at radius 1 is 1.00 bits per heavy atom. The Labute approximate surface area is 140 Å². The first-order chi connectivity index (χ1) is 11.3. The fraction of sp³-hybridized carbons (Fsp3) is 0.875. The van der Waals surface area contributed by atoms with Crippen molar-refractivity contribution < 1.29 is 36.6 Å². The minimum atomic E-state index is -3.75. The maximum absolute atomic E-state index is 14.0. The van der Waals surface area contributed by atoms with E-state index in [1.807, 2.05) is 0 Å². The minimum Gasteiger partial charge on any atom is -0.384 e. The number of carbonyl (C=O) groups is 2. The molecule has 1 saturated heterocycles. The van der Waals surface area contributed by atoms with E-state index in [1.54, 1.807) is 0 Å². The monoisotopic (exact) mass is 367 g/mol. The van der Waals surface area contributed by atoms with Gasteiger partial charge < -0.3 is 10.0 Å². The Morgan fingerprint density at radius 2 is 1.60 bits per heavy atom. The van der Waals surface area contributed by atoms with Gasteiger partial charge in [0.2, 0.25) is 5.78 Å². The van der Waals surface area contributed by atoms with E-state index >= 15 is 0 Å². The molecule has 4 nitrogen and oxygen atoms in total. The summed E-state index contributed by atoms with van der Waals surface area (Å²) in [5.41, 5.74) is -3.98. The third kappa shape index (κ3) is 2.27. The van der Waals surface area contributed by atoms with Gasteiger partial charge in [0, 0.05) is 19.3 Å². The molecule has 5 aliphatic rings. The van der Waals surface area contributed by atoms with E-state index in [2.05, 4.69) is 0 Å². The Hall–Kier alpha value is -1.25. The first-order valence-electron chi connectivity index (χ1n) is 8.30. The third-order valence-corrected chi connectivity index (χ3v) is 6.40. The molecule has 0 aromatic rings. The molecule has 1 spiro atoms. The predicted molar refractivity (Wildman–Crippen MR) is 73.9 cm³/mol. The van der Waals surface area contributed by atoms with Gasteiger partial charge >= 0.3 is 0 Å². The van der Waals surface area contributed by atoms with Crippen LogP contribution in [0, 0.1) is 5.41 Å². The molecule has 0 unspecified atom stereocenters. The van der Waals surface area contributed by atoms with E-state index in [0.717, 1.165) is 0 Å². The number of likely N-dealkylation sites (tertiary alicyclic amines) is 1. The number of rotatable bonds is 3. The number of alkyl halides is 5. The summed E-state index contributed by atoms with van der Waals surface area (Å²) in [5.74, 6) is -9.28. The van der Waals surface area contributed by atoms with E-state index in [-0.39, 0.29) is 25.7 Å². The topological polar surface area (TPSA) is 57.6 Å². The highest BCUT2D eigenvalue weighted by molar-refractivity contribution is 6.36. The maximum atomic E-state index is 14.0. The molecular formula is C16H18F5NO3. The molecule has 1 N–H and O–H groups in total. The number of hydrogen-bond acceptors (Lipinski definition) is 3. The van der Waals surface area contributed by atoms with E-state index in [4.69, 9.17) is 0 Å². The van der Waals surface area contributed by atoms with Crippen LogP contribution in [0.25, 0.3) is 0 Å². The quantitative estimate of drug-likeness (QED) is 0.615. The molecule has 5 fully saturated rings. The van der Waals surface area contributed by atoms with Crippen LogP contribution in [-0.2, 0) is 9.59 Å². The van der Waals surface area contributed by atoms with Gasteiger partial charge in [0.1, 0.15) is 11.8 Å². The molecule has 25 heavy (non-hydrogen) atoms. The summed E-state index contributed by atoms with van der Waals surface area (Å²) < 4.78 is 68.8. The summed E-state index contributed by atoms with van der Waals surface area (Å²) in [7, 11) is 0. The molecule has 2 bridgehead atoms. The van der Waals surface area contributed by atoms with E-state index < -0.39 is 72.1 Å². The summed E-state index contributed by atoms with van der Waals surface area (Å²) in [6.07, 6.45) is -4.50. The number of halogens is 5. The van der Waals surface area contributed by atoms with Crippen LogP contribution in [0.4, 0.5) is 22.0 Å². The van der Waals surface area contributed by atoms with Crippen molar-refractivity contribution in [3.05, 3.63) is 0 Å². The highest BCUT2D eigenvalue weighted by atomic mass is 19.3. The Balaban J connectivity index is 1.55. The zero-order chi connectivity index (χ0) is 18.5. The Kier molecular flexibility index (Phi) is 3.11. The molecule has 4 aliphatic carbocycles. The maximum Gasteiger partial charge on any atom is 0.292 e. The lowest BCUT2D eigenvalue weighted by atomic mass is 9.41. The Morgan fingerprint density at radius 3 is 2.08 bits per heavy atom. The van der Waals surface area contributed by atoms with Crippen molar-refractivity contribution in [2.24, 2.45) is 5.41 Å². The number of aliphatic hydroxyl groups excluding tert-OH is 1. The molecule has 140 valence electrons. The number of nitrogens with zero attached hydrogens (tertiary/aromatic N) is 1. The zero-order valence-electron chi connectivity index (χ0n) is 13.3. The van der Waals surface area contributed by atoms with Crippen LogP contribution in [-0.4, -0.2) is 57.4 Å². The van der Waals surface area contributed by atoms with Crippen molar-refractivity contribution >= 4 is 11.7 Å². The van der Waals surface area contributed by atoms with Crippen LogP contribution in [0.2, 0.25) is 0 Å². The largest absolute Gasteiger partial charge is 0.384 e. The summed E-state index contributed by atoms with van der Waals surface area (Å²) in [6.45, 7) is -1.26. The second-order valence-electron chi connectivity index (χ2n) is 8.47. The van der Waals surface area contributed by atoms with Crippen molar-refractivity contribution in [3.8, 4) is 0 Å². The number of aliphatic hydroxyl groups is 1. The lowest BCUT2D eigenvalue weighted by Gasteiger charge is -2.65. The Bertz CT molecular complexity index is 646. The van der Waals surface area contributed by atoms with Gasteiger partial charge in [0.05, 0.1) is 12.1 Å². The predicted octanol–water partition coefficient (Wildman–Crippen LogP) is 2.23. The summed E-state index contributed by atoms with van der Waals surface area (Å²) in [6, 6.07) is 0. The minimum absolute atomic E-state index is 0.168. The van der Waals surface area contributed by atoms with Crippen LogP contribution < -0.4 is 0 Å². The molecule has 1 aliphatic heterocycles. The van der Waals surface area contributed by atoms with Gasteiger partial charge in [-0.3, -0.25) is 9.59 Å². The highest BCUT2D eigenvalue weighted by Gasteiger charge is 2.71. The molecule has 0 aromatic carbocycles. The summed E-state index contributed by atoms with van der Waals surface area (Å²) >= 11 is 0. The number of carbonyl (C=O) groups excluding carboxylic acids is 2. The molecule has 1 amide bonds. The summed E-state index contributed by atoms with van der Waals surface area (Å²) in [5, 5.41) is 9.93. The molecule has 0 radical (unpaired) electrons. The van der Waals surface area contributed by atoms with Crippen LogP contribution in [0.1, 0.15) is 44.9 Å². The first-order valence-corrected chi connectivity index (χ1v) is 8.30. The summed E-state index contributed by atoms with van der Waals surface area (Å²) in [4.78, 5) is 25.2. The normalized spacial score (nSPS) is 46.0. The number of amides is 1. The molecule has 4 saturated carbocycles.